The van der Waals surface area contributed by atoms with Gasteiger partial charge in [0.25, 0.3) is 0 Å². The Balaban J connectivity index is 3.39. The minimum Gasteiger partial charge on any atom is -0.481 e. The highest BCUT2D eigenvalue weighted by molar-refractivity contribution is 5.69. The second kappa shape index (κ2) is 50.3. The molecule has 1 atom stereocenters. The molecular formula is C55H107NO2. The fourth-order valence-corrected chi connectivity index (χ4v) is 8.66. The smallest absolute Gasteiger partial charge is 0.306 e. The van der Waals surface area contributed by atoms with Crippen LogP contribution in [0.5, 0.6) is 0 Å². The summed E-state index contributed by atoms with van der Waals surface area (Å²) < 4.78 is 0. The highest BCUT2D eigenvalue weighted by atomic mass is 16.4. The number of allylic oxidation sites excluding steroid dienone is 4. The predicted molar refractivity (Wildman–Crippen MR) is 261 cm³/mol. The molecule has 0 amide bonds. The van der Waals surface area contributed by atoms with Crippen molar-refractivity contribution in [2.45, 2.75) is 296 Å². The molecule has 0 aliphatic heterocycles. The minimum atomic E-state index is -0.560. The molecular weight excluding hydrogens is 707 g/mol. The molecule has 58 heavy (non-hydrogen) atoms. The van der Waals surface area contributed by atoms with Gasteiger partial charge in [0.15, 0.2) is 0 Å². The van der Waals surface area contributed by atoms with E-state index < -0.39 is 5.97 Å². The molecule has 0 aliphatic carbocycles. The second-order valence-electron chi connectivity index (χ2n) is 18.7. The van der Waals surface area contributed by atoms with Crippen LogP contribution >= 0.6 is 0 Å². The van der Waals surface area contributed by atoms with Gasteiger partial charge in [0.1, 0.15) is 0 Å². The van der Waals surface area contributed by atoms with Gasteiger partial charge in [-0.1, -0.05) is 244 Å². The number of nitrogens with zero attached hydrogens (tertiary/aromatic N) is 1. The van der Waals surface area contributed by atoms with Crippen molar-refractivity contribution in [3.05, 3.63) is 24.3 Å². The Morgan fingerprint density at radius 2 is 0.586 bits per heavy atom. The lowest BCUT2D eigenvalue weighted by atomic mass is 9.94. The molecule has 0 bridgehead atoms. The van der Waals surface area contributed by atoms with Crippen molar-refractivity contribution in [3.63, 3.8) is 0 Å². The van der Waals surface area contributed by atoms with Gasteiger partial charge in [0.2, 0.25) is 0 Å². The molecule has 0 heterocycles. The number of carboxylic acid groups (broad SMARTS) is 1. The van der Waals surface area contributed by atoms with Crippen LogP contribution in [-0.2, 0) is 4.79 Å². The zero-order chi connectivity index (χ0) is 42.1. The number of carbonyl (C=O) groups is 1. The summed E-state index contributed by atoms with van der Waals surface area (Å²) in [5.74, 6) is -0.676. The average Bonchev–Trinajstić information content (AvgIpc) is 3.22. The van der Waals surface area contributed by atoms with Gasteiger partial charge in [0, 0.05) is 0 Å². The Kier molecular flexibility index (Phi) is 49.3. The monoisotopic (exact) mass is 814 g/mol. The van der Waals surface area contributed by atoms with E-state index in [1.165, 1.54) is 270 Å². The van der Waals surface area contributed by atoms with E-state index >= 15 is 0 Å². The Hall–Kier alpha value is -1.09. The van der Waals surface area contributed by atoms with Gasteiger partial charge in [-0.15, -0.1) is 0 Å². The second-order valence-corrected chi connectivity index (χ2v) is 18.7. The molecule has 0 aromatic heterocycles. The molecule has 0 aliphatic rings. The summed E-state index contributed by atoms with van der Waals surface area (Å²) in [6.45, 7) is 7.14. The van der Waals surface area contributed by atoms with Crippen LogP contribution in [-0.4, -0.2) is 36.1 Å². The van der Waals surface area contributed by atoms with E-state index in [0.29, 0.717) is 0 Å². The number of hydrogen-bond donors (Lipinski definition) is 1. The van der Waals surface area contributed by atoms with Crippen LogP contribution in [0, 0.1) is 5.92 Å². The maximum atomic E-state index is 11.8. The number of carboxylic acids is 1. The summed E-state index contributed by atoms with van der Waals surface area (Å²) in [5.41, 5.74) is 0. The average molecular weight is 814 g/mol. The van der Waals surface area contributed by atoms with Crippen molar-refractivity contribution < 1.29 is 9.90 Å². The molecule has 3 heteroatoms. The molecule has 3 nitrogen and oxygen atoms in total. The number of rotatable bonds is 50. The standard InChI is InChI=1S/C55H107NO2/c1-4-6-8-10-12-14-16-18-20-22-26-30-34-38-42-46-50-54(55(57)58)51-47-43-39-35-31-27-23-25-29-33-37-41-45-49-53-56(3)52-48-44-40-36-32-28-24-21-19-17-15-13-11-9-7-5-2/h18-21,54H,4-17,22-53H2,1-3H3,(H,57,58)/b20-18-,21-19-. The quantitative estimate of drug-likeness (QED) is 0.0491. The molecule has 0 fully saturated rings. The Labute approximate surface area is 366 Å². The molecule has 0 radical (unpaired) electrons. The Morgan fingerprint density at radius 1 is 0.362 bits per heavy atom. The van der Waals surface area contributed by atoms with Crippen LogP contribution in [0.1, 0.15) is 296 Å². The van der Waals surface area contributed by atoms with E-state index in [4.69, 9.17) is 0 Å². The number of hydrogen-bond acceptors (Lipinski definition) is 2. The van der Waals surface area contributed by atoms with Gasteiger partial charge in [-0.2, -0.15) is 0 Å². The highest BCUT2D eigenvalue weighted by Crippen LogP contribution is 2.21. The first-order valence-corrected chi connectivity index (χ1v) is 26.8. The van der Waals surface area contributed by atoms with Gasteiger partial charge in [-0.05, 0) is 97.2 Å². The lowest BCUT2D eigenvalue weighted by Gasteiger charge is -2.16. The number of unbranched alkanes of at least 4 members (excludes halogenated alkanes) is 37. The summed E-state index contributed by atoms with van der Waals surface area (Å²) >= 11 is 0. The maximum absolute atomic E-state index is 11.8. The summed E-state index contributed by atoms with van der Waals surface area (Å²) in [4.78, 5) is 14.4. The minimum absolute atomic E-state index is 0.116. The predicted octanol–water partition coefficient (Wildman–Crippen LogP) is 18.9. The molecule has 1 unspecified atom stereocenters. The van der Waals surface area contributed by atoms with Gasteiger partial charge in [0.05, 0.1) is 5.92 Å². The van der Waals surface area contributed by atoms with Crippen LogP contribution in [0.15, 0.2) is 24.3 Å². The fraction of sp³-hybridized carbons (Fsp3) is 0.909. The first kappa shape index (κ1) is 56.9. The largest absolute Gasteiger partial charge is 0.481 e. The lowest BCUT2D eigenvalue weighted by Crippen LogP contribution is -2.20. The molecule has 1 N–H and O–H groups in total. The Bertz CT molecular complexity index is 836. The molecule has 0 saturated heterocycles. The first-order chi connectivity index (χ1) is 28.6. The van der Waals surface area contributed by atoms with E-state index in [-0.39, 0.29) is 5.92 Å². The zero-order valence-electron chi connectivity index (χ0n) is 40.2. The summed E-state index contributed by atoms with van der Waals surface area (Å²) in [6.07, 6.45) is 68.1. The normalized spacial score (nSPS) is 12.6. The third-order valence-corrected chi connectivity index (χ3v) is 12.8. The van der Waals surface area contributed by atoms with Crippen LogP contribution in [0.4, 0.5) is 0 Å². The van der Waals surface area contributed by atoms with Crippen LogP contribution in [0.25, 0.3) is 0 Å². The molecule has 0 spiro atoms. The van der Waals surface area contributed by atoms with Crippen LogP contribution in [0.3, 0.4) is 0 Å². The SMILES string of the molecule is CCCCCCCC/C=C\CCCCCCCCC(CCCCCCCCCCCCCCCCN(C)CCCCCCCC/C=C\CCCCCCCC)C(=O)O. The molecule has 0 aromatic carbocycles. The zero-order valence-corrected chi connectivity index (χ0v) is 40.2. The van der Waals surface area contributed by atoms with Crippen molar-refractivity contribution in [2.75, 3.05) is 20.1 Å². The van der Waals surface area contributed by atoms with Crippen LogP contribution < -0.4 is 0 Å². The van der Waals surface area contributed by atoms with E-state index in [2.05, 4.69) is 50.1 Å². The molecule has 0 saturated carbocycles. The van der Waals surface area contributed by atoms with Crippen molar-refractivity contribution in [3.8, 4) is 0 Å². The molecule has 0 aromatic rings. The fourth-order valence-electron chi connectivity index (χ4n) is 8.66. The van der Waals surface area contributed by atoms with E-state index in [9.17, 15) is 9.90 Å². The van der Waals surface area contributed by atoms with Crippen molar-refractivity contribution in [1.29, 1.82) is 0 Å². The van der Waals surface area contributed by atoms with Gasteiger partial charge >= 0.3 is 5.97 Å². The summed E-state index contributed by atoms with van der Waals surface area (Å²) in [7, 11) is 2.33. The van der Waals surface area contributed by atoms with E-state index in [0.717, 1.165) is 25.7 Å². The number of aliphatic carboxylic acids is 1. The van der Waals surface area contributed by atoms with E-state index in [1.807, 2.05) is 0 Å². The summed E-state index contributed by atoms with van der Waals surface area (Å²) in [5, 5.41) is 9.72. The van der Waals surface area contributed by atoms with Gasteiger partial charge in [-0.25, -0.2) is 0 Å². The topological polar surface area (TPSA) is 40.5 Å². The highest BCUT2D eigenvalue weighted by Gasteiger charge is 2.16. The van der Waals surface area contributed by atoms with Crippen molar-refractivity contribution in [2.24, 2.45) is 5.92 Å². The van der Waals surface area contributed by atoms with Crippen LogP contribution in [0.2, 0.25) is 0 Å². The molecule has 0 rings (SSSR count). The Morgan fingerprint density at radius 3 is 0.845 bits per heavy atom. The van der Waals surface area contributed by atoms with Crippen molar-refractivity contribution >= 4 is 5.97 Å². The van der Waals surface area contributed by atoms with Gasteiger partial charge < -0.3 is 10.0 Å². The first-order valence-electron chi connectivity index (χ1n) is 26.8. The molecule has 344 valence electrons. The van der Waals surface area contributed by atoms with Crippen molar-refractivity contribution in [1.82, 2.24) is 4.90 Å². The third-order valence-electron chi connectivity index (χ3n) is 12.8. The maximum Gasteiger partial charge on any atom is 0.306 e. The van der Waals surface area contributed by atoms with E-state index in [1.54, 1.807) is 0 Å². The van der Waals surface area contributed by atoms with Gasteiger partial charge in [-0.3, -0.25) is 4.79 Å². The summed E-state index contributed by atoms with van der Waals surface area (Å²) in [6, 6.07) is 0. The lowest BCUT2D eigenvalue weighted by molar-refractivity contribution is -0.142. The third kappa shape index (κ3) is 47.6.